The number of primary amides is 1. The second kappa shape index (κ2) is 8.82. The van der Waals surface area contributed by atoms with Gasteiger partial charge in [0.05, 0.1) is 0 Å². The van der Waals surface area contributed by atoms with Crippen molar-refractivity contribution in [2.75, 3.05) is 0 Å². The number of rotatable bonds is 11. The first-order chi connectivity index (χ1) is 9.23. The van der Waals surface area contributed by atoms with Crippen LogP contribution in [0.5, 0.6) is 0 Å². The molecule has 0 rings (SSSR count). The van der Waals surface area contributed by atoms with Crippen LogP contribution in [0.1, 0.15) is 25.7 Å². The fraction of sp³-hybridized carbons (Fsp3) is 0.600. The molecule has 0 aliphatic heterocycles. The van der Waals surface area contributed by atoms with Crippen molar-refractivity contribution in [2.24, 2.45) is 5.73 Å². The molecule has 0 saturated carbocycles. The lowest BCUT2D eigenvalue weighted by molar-refractivity contribution is -0.144. The molecule has 0 fully saturated rings. The molecule has 10 heteroatoms. The van der Waals surface area contributed by atoms with Gasteiger partial charge in [0.2, 0.25) is 5.91 Å². The lowest BCUT2D eigenvalue weighted by Gasteiger charge is -2.19. The number of hydrazine groups is 1. The van der Waals surface area contributed by atoms with E-state index in [1.165, 1.54) is 0 Å². The molecule has 0 spiro atoms. The fourth-order valence-electron chi connectivity index (χ4n) is 1.27. The van der Waals surface area contributed by atoms with Crippen LogP contribution < -0.4 is 16.6 Å². The van der Waals surface area contributed by atoms with Crippen molar-refractivity contribution in [2.45, 2.75) is 37.8 Å². The molecule has 114 valence electrons. The largest absolute Gasteiger partial charge is 0.481 e. The zero-order valence-electron chi connectivity index (χ0n) is 10.5. The molecule has 0 heterocycles. The van der Waals surface area contributed by atoms with Gasteiger partial charge in [0, 0.05) is 12.8 Å². The van der Waals surface area contributed by atoms with E-state index in [1.54, 1.807) is 0 Å². The van der Waals surface area contributed by atoms with Crippen LogP contribution in [-0.4, -0.2) is 51.2 Å². The van der Waals surface area contributed by atoms with Crippen molar-refractivity contribution < 1.29 is 34.5 Å². The number of nitrogens with one attached hydrogen (secondary N) is 2. The maximum atomic E-state index is 10.9. The van der Waals surface area contributed by atoms with Crippen LogP contribution in [0.2, 0.25) is 0 Å². The molecule has 10 nitrogen and oxygen atoms in total. The Hall–Kier alpha value is -2.20. The summed E-state index contributed by atoms with van der Waals surface area (Å²) in [5.74, 6) is -4.46. The van der Waals surface area contributed by atoms with Crippen molar-refractivity contribution in [3.63, 3.8) is 0 Å². The molecule has 0 aliphatic carbocycles. The van der Waals surface area contributed by atoms with Gasteiger partial charge in [-0.25, -0.2) is 10.9 Å². The SMILES string of the molecule is NC(=O)CC[C@H](NN[C@@H](CCC(=O)O)C(=O)O)C(=O)O. The Balaban J connectivity index is 4.39. The topological polar surface area (TPSA) is 179 Å². The van der Waals surface area contributed by atoms with Crippen LogP contribution >= 0.6 is 0 Å². The maximum Gasteiger partial charge on any atom is 0.322 e. The number of carbonyl (C=O) groups excluding carboxylic acids is 1. The minimum Gasteiger partial charge on any atom is -0.481 e. The highest BCUT2D eigenvalue weighted by molar-refractivity contribution is 5.77. The average molecular weight is 291 g/mol. The van der Waals surface area contributed by atoms with E-state index >= 15 is 0 Å². The van der Waals surface area contributed by atoms with Crippen molar-refractivity contribution in [1.29, 1.82) is 0 Å². The Morgan fingerprint density at radius 3 is 1.55 bits per heavy atom. The van der Waals surface area contributed by atoms with Crippen molar-refractivity contribution in [3.8, 4) is 0 Å². The van der Waals surface area contributed by atoms with Crippen LogP contribution in [0.15, 0.2) is 0 Å². The molecule has 0 unspecified atom stereocenters. The minimum absolute atomic E-state index is 0.122. The summed E-state index contributed by atoms with van der Waals surface area (Å²) in [5, 5.41) is 26.2. The molecule has 0 aromatic rings. The van der Waals surface area contributed by atoms with E-state index < -0.39 is 35.9 Å². The van der Waals surface area contributed by atoms with Gasteiger partial charge >= 0.3 is 17.9 Å². The molecule has 0 bridgehead atoms. The first-order valence-electron chi connectivity index (χ1n) is 5.70. The predicted octanol–water partition coefficient (Wildman–Crippen LogP) is -1.88. The van der Waals surface area contributed by atoms with E-state index in [0.717, 1.165) is 0 Å². The standard InChI is InChI=1S/C10H17N3O7/c11-7(14)3-1-5(9(17)18)12-13-6(10(19)20)2-4-8(15)16/h5-6,12-13H,1-4H2,(H2,11,14)(H,15,16)(H,17,18)(H,19,20)/t5-,6-/m0/s1. The Kier molecular flexibility index (Phi) is 7.85. The third-order valence-electron chi connectivity index (χ3n) is 2.35. The van der Waals surface area contributed by atoms with Gasteiger partial charge in [0.25, 0.3) is 0 Å². The monoisotopic (exact) mass is 291 g/mol. The quantitative estimate of drug-likeness (QED) is 0.237. The van der Waals surface area contributed by atoms with Gasteiger partial charge in [-0.05, 0) is 12.8 Å². The van der Waals surface area contributed by atoms with Gasteiger partial charge in [-0.3, -0.25) is 19.2 Å². The lowest BCUT2D eigenvalue weighted by atomic mass is 10.1. The van der Waals surface area contributed by atoms with E-state index in [-0.39, 0.29) is 25.7 Å². The molecule has 20 heavy (non-hydrogen) atoms. The number of carboxylic acid groups (broad SMARTS) is 3. The minimum atomic E-state index is -1.32. The molecule has 7 N–H and O–H groups in total. The molecule has 0 aromatic carbocycles. The normalized spacial score (nSPS) is 13.4. The number of hydrogen-bond acceptors (Lipinski definition) is 6. The van der Waals surface area contributed by atoms with Crippen LogP contribution in [0.3, 0.4) is 0 Å². The second-order valence-corrected chi connectivity index (χ2v) is 4.01. The first-order valence-corrected chi connectivity index (χ1v) is 5.70. The zero-order chi connectivity index (χ0) is 15.7. The summed E-state index contributed by atoms with van der Waals surface area (Å²) in [6, 6.07) is -2.48. The van der Waals surface area contributed by atoms with Gasteiger partial charge in [-0.1, -0.05) is 0 Å². The predicted molar refractivity (Wildman–Crippen MR) is 64.4 cm³/mol. The van der Waals surface area contributed by atoms with Crippen LogP contribution in [0.25, 0.3) is 0 Å². The fourth-order valence-corrected chi connectivity index (χ4v) is 1.27. The molecule has 0 saturated heterocycles. The summed E-state index contributed by atoms with van der Waals surface area (Å²) in [7, 11) is 0. The van der Waals surface area contributed by atoms with Gasteiger partial charge in [-0.2, -0.15) is 0 Å². The summed E-state index contributed by atoms with van der Waals surface area (Å²) < 4.78 is 0. The number of aliphatic carboxylic acids is 3. The maximum absolute atomic E-state index is 10.9. The van der Waals surface area contributed by atoms with Crippen molar-refractivity contribution in [3.05, 3.63) is 0 Å². The summed E-state index contributed by atoms with van der Waals surface area (Å²) in [4.78, 5) is 42.6. The molecule has 2 atom stereocenters. The molecule has 1 amide bonds. The molecule has 0 radical (unpaired) electrons. The zero-order valence-corrected chi connectivity index (χ0v) is 10.5. The highest BCUT2D eigenvalue weighted by atomic mass is 16.4. The third kappa shape index (κ3) is 8.00. The van der Waals surface area contributed by atoms with Crippen LogP contribution in [0, 0.1) is 0 Å². The van der Waals surface area contributed by atoms with Gasteiger partial charge in [0.15, 0.2) is 0 Å². The van der Waals surface area contributed by atoms with Gasteiger partial charge < -0.3 is 21.1 Å². The first kappa shape index (κ1) is 17.8. The van der Waals surface area contributed by atoms with Crippen LogP contribution in [-0.2, 0) is 19.2 Å². The van der Waals surface area contributed by atoms with E-state index in [1.807, 2.05) is 0 Å². The number of nitrogens with two attached hydrogens (primary N) is 1. The van der Waals surface area contributed by atoms with E-state index in [9.17, 15) is 19.2 Å². The summed E-state index contributed by atoms with van der Waals surface area (Å²) in [6.07, 6.45) is -0.911. The van der Waals surface area contributed by atoms with E-state index in [2.05, 4.69) is 10.9 Å². The Morgan fingerprint density at radius 2 is 1.25 bits per heavy atom. The average Bonchev–Trinajstić information content (AvgIpc) is 2.30. The van der Waals surface area contributed by atoms with E-state index in [0.29, 0.717) is 0 Å². The van der Waals surface area contributed by atoms with Crippen molar-refractivity contribution in [1.82, 2.24) is 10.9 Å². The number of carbonyl (C=O) groups is 4. The summed E-state index contributed by atoms with van der Waals surface area (Å²) in [6.45, 7) is 0. The molecular formula is C10H17N3O7. The van der Waals surface area contributed by atoms with E-state index in [4.69, 9.17) is 21.1 Å². The number of carboxylic acids is 3. The second-order valence-electron chi connectivity index (χ2n) is 4.01. The number of hydrogen-bond donors (Lipinski definition) is 6. The van der Waals surface area contributed by atoms with Crippen molar-refractivity contribution >= 4 is 23.8 Å². The Morgan fingerprint density at radius 1 is 0.850 bits per heavy atom. The van der Waals surface area contributed by atoms with Gasteiger partial charge in [0.1, 0.15) is 12.1 Å². The smallest absolute Gasteiger partial charge is 0.322 e. The third-order valence-corrected chi connectivity index (χ3v) is 2.35. The summed E-state index contributed by atoms with van der Waals surface area (Å²) in [5.41, 5.74) is 9.37. The highest BCUT2D eigenvalue weighted by Gasteiger charge is 2.23. The highest BCUT2D eigenvalue weighted by Crippen LogP contribution is 2.00. The van der Waals surface area contributed by atoms with Crippen LogP contribution in [0.4, 0.5) is 0 Å². The lowest BCUT2D eigenvalue weighted by Crippen LogP contribution is -2.52. The molecular weight excluding hydrogens is 274 g/mol. The Labute approximate surface area is 113 Å². The number of amides is 1. The summed E-state index contributed by atoms with van der Waals surface area (Å²) >= 11 is 0. The molecule has 0 aliphatic rings. The van der Waals surface area contributed by atoms with Gasteiger partial charge in [-0.15, -0.1) is 0 Å². The molecule has 0 aromatic heterocycles. The Bertz CT molecular complexity index is 349.